The Morgan fingerprint density at radius 2 is 2.00 bits per heavy atom. The number of carbonyl (C=O) groups excluding carboxylic acids is 1. The monoisotopic (exact) mass is 379 g/mol. The van der Waals surface area contributed by atoms with Gasteiger partial charge in [-0.15, -0.1) is 0 Å². The second kappa shape index (κ2) is 9.45. The maximum absolute atomic E-state index is 12.6. The Labute approximate surface area is 167 Å². The van der Waals surface area contributed by atoms with Crippen LogP contribution in [-0.2, 0) is 6.42 Å². The Morgan fingerprint density at radius 3 is 2.71 bits per heavy atom. The molecule has 0 saturated carbocycles. The number of aliphatic hydroxyl groups is 1. The molecule has 0 bridgehead atoms. The molecule has 3 rings (SSSR count). The molecule has 0 saturated heterocycles. The van der Waals surface area contributed by atoms with E-state index in [9.17, 15) is 9.90 Å². The summed E-state index contributed by atoms with van der Waals surface area (Å²) in [6, 6.07) is 15.8. The summed E-state index contributed by atoms with van der Waals surface area (Å²) in [4.78, 5) is 12.6. The van der Waals surface area contributed by atoms with E-state index < -0.39 is 0 Å². The highest BCUT2D eigenvalue weighted by Crippen LogP contribution is 2.33. The maximum Gasteiger partial charge on any atom is 0.196 e. The highest BCUT2D eigenvalue weighted by molar-refractivity contribution is 6.15. The number of aliphatic hydroxyl groups excluding tert-OH is 1. The van der Waals surface area contributed by atoms with Crippen molar-refractivity contribution in [2.24, 2.45) is 0 Å². The van der Waals surface area contributed by atoms with Crippen LogP contribution in [0.1, 0.15) is 55.5 Å². The fraction of sp³-hybridized carbons (Fsp3) is 0.375. The first-order valence-electron chi connectivity index (χ1n) is 10.1. The Bertz CT molecular complexity index is 829. The molecular weight excluding hydrogens is 350 g/mol. The molecule has 4 heteroatoms. The summed E-state index contributed by atoms with van der Waals surface area (Å²) >= 11 is 0. The van der Waals surface area contributed by atoms with Gasteiger partial charge in [0, 0.05) is 17.3 Å². The number of hydrogen-bond donors (Lipinski definition) is 2. The number of ether oxygens (including phenoxy) is 1. The highest BCUT2D eigenvalue weighted by Gasteiger charge is 2.29. The first-order chi connectivity index (χ1) is 13.6. The quantitative estimate of drug-likeness (QED) is 0.456. The third-order valence-electron chi connectivity index (χ3n) is 5.18. The van der Waals surface area contributed by atoms with Crippen LogP contribution in [-0.4, -0.2) is 23.0 Å². The lowest BCUT2D eigenvalue weighted by Gasteiger charge is -2.28. The van der Waals surface area contributed by atoms with E-state index >= 15 is 0 Å². The van der Waals surface area contributed by atoms with E-state index in [2.05, 4.69) is 43.4 Å². The van der Waals surface area contributed by atoms with Gasteiger partial charge in [0.05, 0.1) is 24.0 Å². The number of nitrogens with one attached hydrogen (secondary N) is 1. The summed E-state index contributed by atoms with van der Waals surface area (Å²) in [6.07, 6.45) is 5.83. The molecule has 4 nitrogen and oxygen atoms in total. The third-order valence-corrected chi connectivity index (χ3v) is 5.18. The minimum absolute atomic E-state index is 0.0976. The Balaban J connectivity index is 1.61. The number of Topliss-reactive ketones (excluding diaryl/α,β-unsaturated/α-hetero) is 1. The lowest BCUT2D eigenvalue weighted by atomic mass is 9.90. The van der Waals surface area contributed by atoms with Crippen LogP contribution in [0.4, 0.5) is 5.69 Å². The number of ketones is 1. The minimum atomic E-state index is -0.159. The number of aryl methyl sites for hydroxylation is 1. The molecule has 1 heterocycles. The van der Waals surface area contributed by atoms with Crippen molar-refractivity contribution < 1.29 is 14.6 Å². The van der Waals surface area contributed by atoms with Crippen molar-refractivity contribution in [1.82, 2.24) is 0 Å². The van der Waals surface area contributed by atoms with E-state index in [0.29, 0.717) is 11.1 Å². The summed E-state index contributed by atoms with van der Waals surface area (Å²) in [7, 11) is 0. The van der Waals surface area contributed by atoms with E-state index in [0.717, 1.165) is 49.8 Å². The average Bonchev–Trinajstić information content (AvgIpc) is 2.69. The SMILES string of the molecule is CCCC1Nc2cc(OC(C)CCCc3ccccc3)ccc2C(=O)C1=CO. The number of fused-ring (bicyclic) bond motifs is 1. The molecule has 0 radical (unpaired) electrons. The van der Waals surface area contributed by atoms with Gasteiger partial charge >= 0.3 is 0 Å². The number of carbonyl (C=O) groups is 1. The number of benzene rings is 2. The average molecular weight is 380 g/mol. The molecule has 148 valence electrons. The molecule has 2 N–H and O–H groups in total. The standard InChI is InChI=1S/C24H29NO3/c1-3-8-22-21(16-26)24(27)20-14-13-19(15-23(20)25-22)28-17(2)9-7-12-18-10-5-4-6-11-18/h4-6,10-11,13-17,22,25-26H,3,7-9,12H2,1-2H3. The molecule has 1 aliphatic rings. The predicted octanol–water partition coefficient (Wildman–Crippen LogP) is 5.70. The normalized spacial score (nSPS) is 18.4. The van der Waals surface area contributed by atoms with Gasteiger partial charge < -0.3 is 15.2 Å². The van der Waals surface area contributed by atoms with Crippen molar-refractivity contribution in [1.29, 1.82) is 0 Å². The van der Waals surface area contributed by atoms with Crippen molar-refractivity contribution in [3.63, 3.8) is 0 Å². The van der Waals surface area contributed by atoms with Crippen molar-refractivity contribution in [2.75, 3.05) is 5.32 Å². The zero-order valence-electron chi connectivity index (χ0n) is 16.7. The summed E-state index contributed by atoms with van der Waals surface area (Å²) < 4.78 is 6.09. The van der Waals surface area contributed by atoms with Crippen molar-refractivity contribution in [2.45, 2.75) is 58.1 Å². The zero-order valence-corrected chi connectivity index (χ0v) is 16.7. The summed E-state index contributed by atoms with van der Waals surface area (Å²) in [6.45, 7) is 4.14. The Hall–Kier alpha value is -2.75. The maximum atomic E-state index is 12.6. The second-order valence-corrected chi connectivity index (χ2v) is 7.41. The van der Waals surface area contributed by atoms with Crippen molar-refractivity contribution in [3.05, 3.63) is 71.5 Å². The van der Waals surface area contributed by atoms with Gasteiger partial charge in [-0.2, -0.15) is 0 Å². The molecule has 0 spiro atoms. The minimum Gasteiger partial charge on any atom is -0.515 e. The molecule has 0 amide bonds. The first-order valence-corrected chi connectivity index (χ1v) is 10.1. The first kappa shape index (κ1) is 20.0. The predicted molar refractivity (Wildman–Crippen MR) is 113 cm³/mol. The summed E-state index contributed by atoms with van der Waals surface area (Å²) in [5.41, 5.74) is 3.14. The van der Waals surface area contributed by atoms with E-state index in [1.807, 2.05) is 18.2 Å². The zero-order chi connectivity index (χ0) is 19.9. The van der Waals surface area contributed by atoms with Crippen LogP contribution in [0.3, 0.4) is 0 Å². The molecule has 2 aromatic rings. The number of anilines is 1. The lowest BCUT2D eigenvalue weighted by Crippen LogP contribution is -2.32. The summed E-state index contributed by atoms with van der Waals surface area (Å²) in [5, 5.41) is 12.9. The van der Waals surface area contributed by atoms with Crippen molar-refractivity contribution in [3.8, 4) is 5.75 Å². The smallest absolute Gasteiger partial charge is 0.196 e. The Morgan fingerprint density at radius 1 is 1.21 bits per heavy atom. The molecule has 2 aromatic carbocycles. The van der Waals surface area contributed by atoms with Crippen LogP contribution in [0, 0.1) is 0 Å². The topological polar surface area (TPSA) is 58.6 Å². The molecule has 0 fully saturated rings. The van der Waals surface area contributed by atoms with Crippen LogP contribution in [0.2, 0.25) is 0 Å². The Kier molecular flexibility index (Phi) is 6.75. The van der Waals surface area contributed by atoms with E-state index in [4.69, 9.17) is 4.74 Å². The van der Waals surface area contributed by atoms with Gasteiger partial charge in [-0.3, -0.25) is 4.79 Å². The van der Waals surface area contributed by atoms with Gasteiger partial charge in [0.25, 0.3) is 0 Å². The van der Waals surface area contributed by atoms with Gasteiger partial charge in [-0.05, 0) is 50.3 Å². The van der Waals surface area contributed by atoms with Gasteiger partial charge in [-0.1, -0.05) is 43.7 Å². The third kappa shape index (κ3) is 4.75. The van der Waals surface area contributed by atoms with E-state index in [-0.39, 0.29) is 17.9 Å². The highest BCUT2D eigenvalue weighted by atomic mass is 16.5. The van der Waals surface area contributed by atoms with Gasteiger partial charge in [0.2, 0.25) is 0 Å². The van der Waals surface area contributed by atoms with Crippen molar-refractivity contribution >= 4 is 11.5 Å². The fourth-order valence-corrected chi connectivity index (χ4v) is 3.69. The number of hydrogen-bond acceptors (Lipinski definition) is 4. The largest absolute Gasteiger partial charge is 0.515 e. The molecule has 0 aliphatic carbocycles. The van der Waals surface area contributed by atoms with Crippen LogP contribution >= 0.6 is 0 Å². The number of rotatable bonds is 8. The van der Waals surface area contributed by atoms with E-state index in [1.165, 1.54) is 5.56 Å². The second-order valence-electron chi connectivity index (χ2n) is 7.41. The molecule has 28 heavy (non-hydrogen) atoms. The fourth-order valence-electron chi connectivity index (χ4n) is 3.69. The molecule has 2 unspecified atom stereocenters. The van der Waals surface area contributed by atoms with Gasteiger partial charge in [0.15, 0.2) is 5.78 Å². The van der Waals surface area contributed by atoms with Crippen LogP contribution in [0.5, 0.6) is 5.75 Å². The molecule has 1 aliphatic heterocycles. The molecular formula is C24H29NO3. The molecule has 2 atom stereocenters. The van der Waals surface area contributed by atoms with Crippen LogP contribution in [0.25, 0.3) is 0 Å². The summed E-state index contributed by atoms with van der Waals surface area (Å²) in [5.74, 6) is 0.648. The molecule has 0 aromatic heterocycles. The lowest BCUT2D eigenvalue weighted by molar-refractivity contribution is 0.102. The van der Waals surface area contributed by atoms with E-state index in [1.54, 1.807) is 6.07 Å². The van der Waals surface area contributed by atoms with Gasteiger partial charge in [-0.25, -0.2) is 0 Å². The van der Waals surface area contributed by atoms with Crippen LogP contribution in [0.15, 0.2) is 60.4 Å². The van der Waals surface area contributed by atoms with Crippen LogP contribution < -0.4 is 10.1 Å². The van der Waals surface area contributed by atoms with Gasteiger partial charge in [0.1, 0.15) is 5.75 Å².